The number of alkyl halides is 1. The van der Waals surface area contributed by atoms with E-state index in [2.05, 4.69) is 0 Å². The van der Waals surface area contributed by atoms with Crippen LogP contribution in [0.1, 0.15) is 62.8 Å². The number of unbranched alkanes of at least 4 members (excludes halogenated alkanes) is 2. The monoisotopic (exact) mass is 412 g/mol. The van der Waals surface area contributed by atoms with Crippen LogP contribution < -0.4 is 0 Å². The van der Waals surface area contributed by atoms with Gasteiger partial charge < -0.3 is 0 Å². The van der Waals surface area contributed by atoms with E-state index < -0.39 is 17.5 Å². The van der Waals surface area contributed by atoms with Crippen LogP contribution >= 0.6 is 11.6 Å². The van der Waals surface area contributed by atoms with Crippen molar-refractivity contribution in [2.24, 2.45) is 5.92 Å². The highest BCUT2D eigenvalue weighted by Gasteiger charge is 2.24. The van der Waals surface area contributed by atoms with Crippen LogP contribution in [0.2, 0.25) is 5.02 Å². The van der Waals surface area contributed by atoms with Crippen LogP contribution in [-0.4, -0.2) is 6.67 Å². The highest BCUT2D eigenvalue weighted by molar-refractivity contribution is 6.33. The Bertz CT molecular complexity index is 754. The quantitative estimate of drug-likeness (QED) is 0.317. The number of hydrogen-bond donors (Lipinski definition) is 0. The summed E-state index contributed by atoms with van der Waals surface area (Å²) in [6.07, 6.45) is 7.89. The van der Waals surface area contributed by atoms with Crippen LogP contribution in [0.3, 0.4) is 0 Å². The van der Waals surface area contributed by atoms with E-state index >= 15 is 0 Å². The molecule has 0 bridgehead atoms. The van der Waals surface area contributed by atoms with Crippen LogP contribution in [0, 0.1) is 23.4 Å². The molecule has 0 aliphatic heterocycles. The van der Waals surface area contributed by atoms with E-state index in [-0.39, 0.29) is 28.7 Å². The molecule has 0 heterocycles. The van der Waals surface area contributed by atoms with Gasteiger partial charge >= 0.3 is 0 Å². The molecular weight excluding hydrogens is 388 g/mol. The number of halogens is 5. The second kappa shape index (κ2) is 9.78. The molecule has 0 N–H and O–H groups in total. The lowest BCUT2D eigenvalue weighted by molar-refractivity contribution is 0.300. The Labute approximate surface area is 168 Å². The Kier molecular flexibility index (Phi) is 7.39. The summed E-state index contributed by atoms with van der Waals surface area (Å²) in [6, 6.07) is 6.10. The molecule has 3 rings (SSSR count). The fraction of sp³-hybridized carbons (Fsp3) is 0.478. The normalized spacial score (nSPS) is 19.8. The second-order valence-corrected chi connectivity index (χ2v) is 8.18. The Morgan fingerprint density at radius 3 is 2.11 bits per heavy atom. The molecule has 152 valence electrons. The molecule has 2 aromatic rings. The summed E-state index contributed by atoms with van der Waals surface area (Å²) >= 11 is 6.30. The summed E-state index contributed by atoms with van der Waals surface area (Å²) < 4.78 is 53.9. The predicted octanol–water partition coefficient (Wildman–Crippen LogP) is 8.23. The summed E-state index contributed by atoms with van der Waals surface area (Å²) in [5.41, 5.74) is 0.980. The Morgan fingerprint density at radius 2 is 1.50 bits per heavy atom. The maximum atomic E-state index is 14.8. The van der Waals surface area contributed by atoms with E-state index in [0.29, 0.717) is 12.3 Å². The average Bonchev–Trinajstić information content (AvgIpc) is 2.64. The molecule has 1 fully saturated rings. The molecule has 0 spiro atoms. The van der Waals surface area contributed by atoms with Gasteiger partial charge in [0.2, 0.25) is 0 Å². The molecule has 0 aromatic heterocycles. The number of hydrogen-bond acceptors (Lipinski definition) is 0. The minimum Gasteiger partial charge on any atom is -0.251 e. The first-order valence-corrected chi connectivity index (χ1v) is 10.4. The lowest BCUT2D eigenvalue weighted by atomic mass is 9.77. The fourth-order valence-corrected chi connectivity index (χ4v) is 4.62. The number of benzene rings is 2. The van der Waals surface area contributed by atoms with Crippen LogP contribution in [0.4, 0.5) is 17.6 Å². The maximum Gasteiger partial charge on any atom is 0.132 e. The molecular formula is C23H25ClF4. The highest BCUT2D eigenvalue weighted by atomic mass is 35.5. The van der Waals surface area contributed by atoms with Gasteiger partial charge in [0.05, 0.1) is 11.7 Å². The smallest absolute Gasteiger partial charge is 0.132 e. The molecule has 0 saturated heterocycles. The molecule has 0 amide bonds. The van der Waals surface area contributed by atoms with E-state index in [9.17, 15) is 17.6 Å². The van der Waals surface area contributed by atoms with E-state index in [0.717, 1.165) is 68.7 Å². The minimum atomic E-state index is -0.764. The molecule has 1 aliphatic rings. The van der Waals surface area contributed by atoms with Gasteiger partial charge in [0, 0.05) is 11.6 Å². The zero-order valence-electron chi connectivity index (χ0n) is 15.8. The summed E-state index contributed by atoms with van der Waals surface area (Å²) in [5, 5.41) is 0.174. The van der Waals surface area contributed by atoms with Crippen molar-refractivity contribution in [3.8, 4) is 11.1 Å². The van der Waals surface area contributed by atoms with Gasteiger partial charge in [-0.3, -0.25) is 4.39 Å². The van der Waals surface area contributed by atoms with Crippen molar-refractivity contribution >= 4 is 11.6 Å². The molecule has 5 heteroatoms. The van der Waals surface area contributed by atoms with Crippen molar-refractivity contribution in [3.05, 3.63) is 58.4 Å². The molecule has 0 unspecified atom stereocenters. The van der Waals surface area contributed by atoms with Crippen LogP contribution in [0.25, 0.3) is 11.1 Å². The predicted molar refractivity (Wildman–Crippen MR) is 106 cm³/mol. The SMILES string of the molecule is FCCCCCC1CCC(c2cc(F)c(-c3cc(F)cc(F)c3)c(Cl)c2)CC1. The summed E-state index contributed by atoms with van der Waals surface area (Å²) in [7, 11) is 0. The highest BCUT2D eigenvalue weighted by Crippen LogP contribution is 2.41. The van der Waals surface area contributed by atoms with Gasteiger partial charge in [-0.1, -0.05) is 30.9 Å². The lowest BCUT2D eigenvalue weighted by Gasteiger charge is -2.29. The first kappa shape index (κ1) is 21.2. The molecule has 1 saturated carbocycles. The van der Waals surface area contributed by atoms with Crippen molar-refractivity contribution in [1.29, 1.82) is 0 Å². The van der Waals surface area contributed by atoms with Gasteiger partial charge in [0.15, 0.2) is 0 Å². The van der Waals surface area contributed by atoms with E-state index in [1.54, 1.807) is 6.07 Å². The first-order chi connectivity index (χ1) is 13.5. The zero-order valence-corrected chi connectivity index (χ0v) is 16.6. The minimum absolute atomic E-state index is 0.0327. The average molecular weight is 413 g/mol. The van der Waals surface area contributed by atoms with Crippen molar-refractivity contribution in [1.82, 2.24) is 0 Å². The van der Waals surface area contributed by atoms with Crippen molar-refractivity contribution in [2.75, 3.05) is 6.67 Å². The van der Waals surface area contributed by atoms with Crippen molar-refractivity contribution in [3.63, 3.8) is 0 Å². The van der Waals surface area contributed by atoms with Gasteiger partial charge in [-0.15, -0.1) is 0 Å². The zero-order chi connectivity index (χ0) is 20.1. The number of rotatable bonds is 7. The third kappa shape index (κ3) is 5.28. The molecule has 2 aromatic carbocycles. The Hall–Kier alpha value is -1.55. The first-order valence-electron chi connectivity index (χ1n) is 9.99. The lowest BCUT2D eigenvalue weighted by Crippen LogP contribution is -2.13. The van der Waals surface area contributed by atoms with Crippen LogP contribution in [0.15, 0.2) is 30.3 Å². The topological polar surface area (TPSA) is 0 Å². The summed E-state index contributed by atoms with van der Waals surface area (Å²) in [5.74, 6) is -1.18. The van der Waals surface area contributed by atoms with Gasteiger partial charge in [-0.2, -0.15) is 0 Å². The fourth-order valence-electron chi connectivity index (χ4n) is 4.29. The van der Waals surface area contributed by atoms with Gasteiger partial charge in [-0.05, 0) is 79.3 Å². The Morgan fingerprint density at radius 1 is 0.821 bits per heavy atom. The molecule has 0 radical (unpaired) electrons. The van der Waals surface area contributed by atoms with Gasteiger partial charge in [0.25, 0.3) is 0 Å². The Balaban J connectivity index is 1.68. The van der Waals surface area contributed by atoms with E-state index in [1.807, 2.05) is 0 Å². The van der Waals surface area contributed by atoms with E-state index in [4.69, 9.17) is 11.6 Å². The maximum absolute atomic E-state index is 14.8. The van der Waals surface area contributed by atoms with Crippen LogP contribution in [0.5, 0.6) is 0 Å². The largest absolute Gasteiger partial charge is 0.251 e. The summed E-state index contributed by atoms with van der Waals surface area (Å²) in [6.45, 7) is -0.239. The van der Waals surface area contributed by atoms with Crippen molar-refractivity contribution < 1.29 is 17.6 Å². The molecule has 0 atom stereocenters. The summed E-state index contributed by atoms with van der Waals surface area (Å²) in [4.78, 5) is 0. The third-order valence-electron chi connectivity index (χ3n) is 5.78. The van der Waals surface area contributed by atoms with Crippen molar-refractivity contribution in [2.45, 2.75) is 57.3 Å². The van der Waals surface area contributed by atoms with Gasteiger partial charge in [0.1, 0.15) is 17.5 Å². The third-order valence-corrected chi connectivity index (χ3v) is 6.08. The molecule has 1 aliphatic carbocycles. The second-order valence-electron chi connectivity index (χ2n) is 7.77. The van der Waals surface area contributed by atoms with Crippen LogP contribution in [-0.2, 0) is 0 Å². The van der Waals surface area contributed by atoms with Gasteiger partial charge in [-0.25, -0.2) is 13.2 Å². The van der Waals surface area contributed by atoms with E-state index in [1.165, 1.54) is 6.07 Å². The standard InChI is InChI=1S/C23H25ClF4/c24-21-12-17(16-7-5-15(6-8-16)4-2-1-3-9-25)13-22(28)23(21)18-10-19(26)14-20(27)11-18/h10-16H,1-9H2. The molecule has 28 heavy (non-hydrogen) atoms. The molecule has 0 nitrogen and oxygen atoms in total.